The monoisotopic (exact) mass is 473 g/mol. The minimum Gasteiger partial charge on any atom is -0.350 e. The van der Waals surface area contributed by atoms with Crippen LogP contribution >= 0.6 is 0 Å². The third-order valence-electron chi connectivity index (χ3n) is 5.07. The number of benzene rings is 3. The normalized spacial score (nSPS) is 11.1. The van der Waals surface area contributed by atoms with E-state index in [1.165, 1.54) is 29.2 Å². The van der Waals surface area contributed by atoms with Crippen LogP contribution in [0.1, 0.15) is 28.4 Å². The molecule has 2 N–H and O–H groups in total. The third-order valence-corrected chi connectivity index (χ3v) is 5.07. The lowest BCUT2D eigenvalue weighted by molar-refractivity contribution is -0.137. The van der Waals surface area contributed by atoms with Gasteiger partial charge in [-0.3, -0.25) is 9.69 Å². The molecule has 0 aliphatic heterocycles. The number of nitrogens with one attached hydrogen (secondary N) is 2. The summed E-state index contributed by atoms with van der Waals surface area (Å²) in [7, 11) is 0. The fraction of sp³-hybridized carbons (Fsp3) is 0.200. The summed E-state index contributed by atoms with van der Waals surface area (Å²) in [5.74, 6) is -0.842. The van der Waals surface area contributed by atoms with Gasteiger partial charge in [0, 0.05) is 30.0 Å². The van der Waals surface area contributed by atoms with Crippen molar-refractivity contribution in [2.75, 3.05) is 23.3 Å². The first-order chi connectivity index (χ1) is 16.2. The summed E-state index contributed by atoms with van der Waals surface area (Å²) in [6.45, 7) is 2.06. The first-order valence-corrected chi connectivity index (χ1v) is 10.6. The second kappa shape index (κ2) is 10.8. The fourth-order valence-corrected chi connectivity index (χ4v) is 3.21. The highest BCUT2D eigenvalue weighted by atomic mass is 19.4. The van der Waals surface area contributed by atoms with Crippen LogP contribution in [0.4, 0.5) is 33.7 Å². The Hall–Kier alpha value is -3.88. The summed E-state index contributed by atoms with van der Waals surface area (Å²) >= 11 is 0. The van der Waals surface area contributed by atoms with E-state index in [2.05, 4.69) is 10.6 Å². The van der Waals surface area contributed by atoms with E-state index in [1.807, 2.05) is 19.1 Å². The second-order valence-corrected chi connectivity index (χ2v) is 7.44. The van der Waals surface area contributed by atoms with E-state index in [0.29, 0.717) is 11.3 Å². The zero-order chi connectivity index (χ0) is 24.7. The number of amides is 3. The number of aryl methyl sites for hydroxylation is 1. The number of carbonyl (C=O) groups excluding carboxylic acids is 2. The van der Waals surface area contributed by atoms with Gasteiger partial charge in [-0.1, -0.05) is 25.1 Å². The molecule has 0 heterocycles. The molecular formula is C25H23F4N3O2. The lowest BCUT2D eigenvalue weighted by atomic mass is 10.1. The van der Waals surface area contributed by atoms with E-state index in [-0.39, 0.29) is 24.7 Å². The maximum absolute atomic E-state index is 13.4. The topological polar surface area (TPSA) is 61.4 Å². The first kappa shape index (κ1) is 24.8. The molecule has 0 aromatic heterocycles. The van der Waals surface area contributed by atoms with Crippen LogP contribution in [-0.4, -0.2) is 25.0 Å². The number of rotatable bonds is 7. The van der Waals surface area contributed by atoms with E-state index in [1.54, 1.807) is 12.1 Å². The Morgan fingerprint density at radius 2 is 1.62 bits per heavy atom. The molecule has 0 saturated heterocycles. The summed E-state index contributed by atoms with van der Waals surface area (Å²) in [5, 5.41) is 5.14. The minimum atomic E-state index is -4.56. The number of hydrogen-bond acceptors (Lipinski definition) is 2. The van der Waals surface area contributed by atoms with Crippen molar-refractivity contribution < 1.29 is 27.2 Å². The summed E-state index contributed by atoms with van der Waals surface area (Å²) in [5.41, 5.74) is 0.906. The van der Waals surface area contributed by atoms with Crippen LogP contribution in [0.2, 0.25) is 0 Å². The smallest absolute Gasteiger partial charge is 0.350 e. The molecule has 5 nitrogen and oxygen atoms in total. The van der Waals surface area contributed by atoms with Gasteiger partial charge in [-0.25, -0.2) is 9.18 Å². The van der Waals surface area contributed by atoms with Crippen molar-refractivity contribution in [3.05, 3.63) is 95.3 Å². The predicted molar refractivity (Wildman–Crippen MR) is 122 cm³/mol. The maximum Gasteiger partial charge on any atom is 0.416 e. The molecule has 3 amide bonds. The van der Waals surface area contributed by atoms with Crippen LogP contribution in [0, 0.1) is 5.82 Å². The van der Waals surface area contributed by atoms with Crippen LogP contribution in [0.5, 0.6) is 0 Å². The quantitative estimate of drug-likeness (QED) is 0.422. The van der Waals surface area contributed by atoms with Crippen molar-refractivity contribution in [1.29, 1.82) is 0 Å². The number of halogens is 4. The molecule has 3 aromatic carbocycles. The molecule has 0 spiro atoms. The summed E-state index contributed by atoms with van der Waals surface area (Å²) < 4.78 is 52.3. The average Bonchev–Trinajstić information content (AvgIpc) is 2.82. The molecule has 0 fully saturated rings. The molecule has 0 bridgehead atoms. The lowest BCUT2D eigenvalue weighted by Gasteiger charge is -2.24. The molecule has 9 heteroatoms. The van der Waals surface area contributed by atoms with E-state index in [4.69, 9.17) is 0 Å². The highest BCUT2D eigenvalue weighted by Crippen LogP contribution is 2.30. The number of nitrogens with zero attached hydrogens (tertiary/aromatic N) is 1. The van der Waals surface area contributed by atoms with Crippen molar-refractivity contribution >= 4 is 23.3 Å². The molecule has 178 valence electrons. The van der Waals surface area contributed by atoms with Crippen molar-refractivity contribution in [3.8, 4) is 0 Å². The minimum absolute atomic E-state index is 0.00475. The number of alkyl halides is 3. The van der Waals surface area contributed by atoms with Crippen molar-refractivity contribution in [3.63, 3.8) is 0 Å². The fourth-order valence-electron chi connectivity index (χ4n) is 3.21. The van der Waals surface area contributed by atoms with Gasteiger partial charge in [0.25, 0.3) is 5.91 Å². The van der Waals surface area contributed by atoms with Gasteiger partial charge in [-0.15, -0.1) is 0 Å². The zero-order valence-electron chi connectivity index (χ0n) is 18.3. The van der Waals surface area contributed by atoms with E-state index < -0.39 is 23.6 Å². The standard InChI is InChI=1S/C25H23F4N3O2/c1-2-17-6-8-18(9-7-17)23(33)30-14-15-32(22-12-10-20(26)11-13-22)24(34)31-21-5-3-4-19(16-21)25(27,28)29/h3-13,16H,2,14-15H2,1H3,(H,30,33)(H,31,34). The van der Waals surface area contributed by atoms with Crippen molar-refractivity contribution in [1.82, 2.24) is 5.32 Å². The maximum atomic E-state index is 13.4. The molecule has 3 rings (SSSR count). The Morgan fingerprint density at radius 3 is 2.24 bits per heavy atom. The van der Waals surface area contributed by atoms with Gasteiger partial charge in [0.1, 0.15) is 5.82 Å². The van der Waals surface area contributed by atoms with Crippen LogP contribution in [0.25, 0.3) is 0 Å². The molecule has 0 unspecified atom stereocenters. The van der Waals surface area contributed by atoms with Crippen LogP contribution in [-0.2, 0) is 12.6 Å². The van der Waals surface area contributed by atoms with E-state index in [9.17, 15) is 27.2 Å². The largest absolute Gasteiger partial charge is 0.416 e. The van der Waals surface area contributed by atoms with Crippen LogP contribution in [0.3, 0.4) is 0 Å². The molecule has 0 saturated carbocycles. The molecule has 0 atom stereocenters. The van der Waals surface area contributed by atoms with Gasteiger partial charge in [-0.05, 0) is 66.6 Å². The summed E-state index contributed by atoms with van der Waals surface area (Å²) in [4.78, 5) is 26.5. The van der Waals surface area contributed by atoms with Gasteiger partial charge in [-0.2, -0.15) is 13.2 Å². The Morgan fingerprint density at radius 1 is 0.941 bits per heavy atom. The van der Waals surface area contributed by atoms with E-state index >= 15 is 0 Å². The van der Waals surface area contributed by atoms with Crippen LogP contribution < -0.4 is 15.5 Å². The number of carbonyl (C=O) groups is 2. The highest BCUT2D eigenvalue weighted by molar-refractivity contribution is 6.02. The second-order valence-electron chi connectivity index (χ2n) is 7.44. The lowest BCUT2D eigenvalue weighted by Crippen LogP contribution is -2.41. The van der Waals surface area contributed by atoms with E-state index in [0.717, 1.165) is 36.2 Å². The Bertz CT molecular complexity index is 1130. The highest BCUT2D eigenvalue weighted by Gasteiger charge is 2.30. The molecule has 0 radical (unpaired) electrons. The van der Waals surface area contributed by atoms with Crippen LogP contribution in [0.15, 0.2) is 72.8 Å². The van der Waals surface area contributed by atoms with Gasteiger partial charge >= 0.3 is 12.2 Å². The number of hydrogen-bond donors (Lipinski definition) is 2. The molecular weight excluding hydrogens is 450 g/mol. The molecule has 34 heavy (non-hydrogen) atoms. The SMILES string of the molecule is CCc1ccc(C(=O)NCCN(C(=O)Nc2cccc(C(F)(F)F)c2)c2ccc(F)cc2)cc1. The number of anilines is 2. The summed E-state index contributed by atoms with van der Waals surface area (Å²) in [6.07, 6.45) is -3.72. The predicted octanol–water partition coefficient (Wildman–Crippen LogP) is 5.88. The molecule has 3 aromatic rings. The molecule has 0 aliphatic rings. The Kier molecular flexibility index (Phi) is 7.88. The third kappa shape index (κ3) is 6.57. The Labute approximate surface area is 194 Å². The Balaban J connectivity index is 1.71. The average molecular weight is 473 g/mol. The van der Waals surface area contributed by atoms with Crippen molar-refractivity contribution in [2.24, 2.45) is 0 Å². The number of urea groups is 1. The van der Waals surface area contributed by atoms with Gasteiger partial charge in [0.05, 0.1) is 5.56 Å². The molecule has 0 aliphatic carbocycles. The zero-order valence-corrected chi connectivity index (χ0v) is 18.3. The van der Waals surface area contributed by atoms with Gasteiger partial charge < -0.3 is 10.6 Å². The van der Waals surface area contributed by atoms with Gasteiger partial charge in [0.2, 0.25) is 0 Å². The first-order valence-electron chi connectivity index (χ1n) is 10.6. The summed E-state index contributed by atoms with van der Waals surface area (Å²) in [6, 6.07) is 15.7. The van der Waals surface area contributed by atoms with Crippen molar-refractivity contribution in [2.45, 2.75) is 19.5 Å². The van der Waals surface area contributed by atoms with Gasteiger partial charge in [0.15, 0.2) is 0 Å².